The number of guanidine groups is 1. The molecule has 31 heavy (non-hydrogen) atoms. The van der Waals surface area contributed by atoms with Crippen molar-refractivity contribution < 1.29 is 9.53 Å². The van der Waals surface area contributed by atoms with Crippen molar-refractivity contribution in [3.8, 4) is 5.75 Å². The monoisotopic (exact) mass is 422 g/mol. The summed E-state index contributed by atoms with van der Waals surface area (Å²) in [7, 11) is 1.76. The second kappa shape index (κ2) is 11.4. The molecule has 6 nitrogen and oxygen atoms in total. The van der Waals surface area contributed by atoms with E-state index in [1.54, 1.807) is 7.05 Å². The largest absolute Gasteiger partial charge is 0.491 e. The maximum atomic E-state index is 12.4. The van der Waals surface area contributed by atoms with Crippen molar-refractivity contribution >= 4 is 11.9 Å². The number of likely N-dealkylation sites (tertiary alicyclic amines) is 1. The Bertz CT molecular complexity index is 867. The van der Waals surface area contributed by atoms with Crippen LogP contribution < -0.4 is 15.4 Å². The predicted octanol–water partition coefficient (Wildman–Crippen LogP) is 3.23. The van der Waals surface area contributed by atoms with Gasteiger partial charge >= 0.3 is 0 Å². The molecule has 1 aliphatic rings. The van der Waals surface area contributed by atoms with E-state index in [4.69, 9.17) is 4.74 Å². The average Bonchev–Trinajstić information content (AvgIpc) is 3.12. The number of nitrogens with one attached hydrogen (secondary N) is 2. The SMILES string of the molecule is CN=C(NCc1cccc(OC(C)C)c1)NCC1CC(=O)N(CCc2ccccc2)C1. The topological polar surface area (TPSA) is 66.0 Å². The molecule has 1 fully saturated rings. The van der Waals surface area contributed by atoms with E-state index in [0.29, 0.717) is 18.9 Å². The number of rotatable bonds is 9. The van der Waals surface area contributed by atoms with E-state index >= 15 is 0 Å². The minimum atomic E-state index is 0.152. The van der Waals surface area contributed by atoms with Crippen molar-refractivity contribution in [1.29, 1.82) is 0 Å². The van der Waals surface area contributed by atoms with Gasteiger partial charge in [0.1, 0.15) is 5.75 Å². The zero-order chi connectivity index (χ0) is 22.1. The first-order valence-corrected chi connectivity index (χ1v) is 11.1. The average molecular weight is 423 g/mol. The third kappa shape index (κ3) is 7.31. The molecule has 2 aromatic rings. The van der Waals surface area contributed by atoms with Gasteiger partial charge in [-0.15, -0.1) is 0 Å². The van der Waals surface area contributed by atoms with Crippen LogP contribution in [-0.4, -0.2) is 49.6 Å². The van der Waals surface area contributed by atoms with E-state index in [2.05, 4.69) is 33.8 Å². The van der Waals surface area contributed by atoms with Gasteiger partial charge in [-0.2, -0.15) is 0 Å². The molecule has 0 aliphatic carbocycles. The highest BCUT2D eigenvalue weighted by atomic mass is 16.5. The second-order valence-electron chi connectivity index (χ2n) is 8.27. The Balaban J connectivity index is 1.42. The standard InChI is InChI=1S/C25H34N4O2/c1-19(2)31-23-11-7-10-21(14-23)16-27-25(26-3)28-17-22-15-24(30)29(18-22)13-12-20-8-5-4-6-9-20/h4-11,14,19,22H,12-13,15-18H2,1-3H3,(H2,26,27,28). The van der Waals surface area contributed by atoms with Crippen LogP contribution >= 0.6 is 0 Å². The maximum Gasteiger partial charge on any atom is 0.223 e. The van der Waals surface area contributed by atoms with Crippen LogP contribution in [0, 0.1) is 5.92 Å². The van der Waals surface area contributed by atoms with Gasteiger partial charge < -0.3 is 20.3 Å². The normalized spacial score (nSPS) is 16.6. The van der Waals surface area contributed by atoms with Gasteiger partial charge in [0, 0.05) is 45.6 Å². The highest BCUT2D eigenvalue weighted by Gasteiger charge is 2.29. The number of carbonyl (C=O) groups excluding carboxylic acids is 1. The first-order valence-electron chi connectivity index (χ1n) is 11.1. The molecule has 1 heterocycles. The van der Waals surface area contributed by atoms with Crippen LogP contribution in [0.2, 0.25) is 0 Å². The van der Waals surface area contributed by atoms with Gasteiger partial charge in [0.15, 0.2) is 5.96 Å². The van der Waals surface area contributed by atoms with E-state index in [-0.39, 0.29) is 12.0 Å². The summed E-state index contributed by atoms with van der Waals surface area (Å²) in [6.07, 6.45) is 1.64. The van der Waals surface area contributed by atoms with E-state index < -0.39 is 0 Å². The van der Waals surface area contributed by atoms with Crippen LogP contribution in [0.1, 0.15) is 31.4 Å². The highest BCUT2D eigenvalue weighted by Crippen LogP contribution is 2.18. The molecule has 1 atom stereocenters. The highest BCUT2D eigenvalue weighted by molar-refractivity contribution is 5.80. The lowest BCUT2D eigenvalue weighted by atomic mass is 10.1. The molecule has 1 amide bonds. The fourth-order valence-corrected chi connectivity index (χ4v) is 3.76. The number of benzene rings is 2. The summed E-state index contributed by atoms with van der Waals surface area (Å²) in [5.41, 5.74) is 2.40. The first kappa shape index (κ1) is 22.7. The molecular weight excluding hydrogens is 388 g/mol. The number of hydrogen-bond acceptors (Lipinski definition) is 3. The van der Waals surface area contributed by atoms with Crippen LogP contribution in [0.4, 0.5) is 0 Å². The smallest absolute Gasteiger partial charge is 0.223 e. The molecule has 3 rings (SSSR count). The Morgan fingerprint density at radius 1 is 1.13 bits per heavy atom. The van der Waals surface area contributed by atoms with Crippen molar-refractivity contribution in [3.63, 3.8) is 0 Å². The Labute approximate surface area is 185 Å². The molecule has 1 aliphatic heterocycles. The quantitative estimate of drug-likeness (QED) is 0.481. The summed E-state index contributed by atoms with van der Waals surface area (Å²) < 4.78 is 5.76. The number of carbonyl (C=O) groups is 1. The van der Waals surface area contributed by atoms with Crippen LogP contribution in [0.5, 0.6) is 5.75 Å². The molecule has 6 heteroatoms. The fraction of sp³-hybridized carbons (Fsp3) is 0.440. The lowest BCUT2D eigenvalue weighted by molar-refractivity contribution is -0.127. The molecule has 0 saturated carbocycles. The number of amides is 1. The molecule has 0 radical (unpaired) electrons. The Kier molecular flexibility index (Phi) is 8.33. The molecule has 2 aromatic carbocycles. The van der Waals surface area contributed by atoms with Crippen molar-refractivity contribution in [3.05, 3.63) is 65.7 Å². The number of nitrogens with zero attached hydrogens (tertiary/aromatic N) is 2. The summed E-state index contributed by atoms with van der Waals surface area (Å²) in [6, 6.07) is 18.4. The fourth-order valence-electron chi connectivity index (χ4n) is 3.76. The third-order valence-electron chi connectivity index (χ3n) is 5.32. The second-order valence-corrected chi connectivity index (χ2v) is 8.27. The molecule has 0 spiro atoms. The molecule has 1 unspecified atom stereocenters. The number of hydrogen-bond donors (Lipinski definition) is 2. The minimum absolute atomic E-state index is 0.152. The van der Waals surface area contributed by atoms with Crippen molar-refractivity contribution in [2.24, 2.45) is 10.9 Å². The summed E-state index contributed by atoms with van der Waals surface area (Å²) >= 11 is 0. The molecule has 0 aromatic heterocycles. The number of aliphatic imine (C=N–C) groups is 1. The van der Waals surface area contributed by atoms with Gasteiger partial charge in [-0.3, -0.25) is 9.79 Å². The summed E-state index contributed by atoms with van der Waals surface area (Å²) in [5, 5.41) is 6.72. The van der Waals surface area contributed by atoms with Crippen LogP contribution in [0.25, 0.3) is 0 Å². The summed E-state index contributed by atoms with van der Waals surface area (Å²) in [5.74, 6) is 2.15. The lowest BCUT2D eigenvalue weighted by Crippen LogP contribution is -2.40. The van der Waals surface area contributed by atoms with Gasteiger partial charge in [0.05, 0.1) is 6.10 Å². The summed E-state index contributed by atoms with van der Waals surface area (Å²) in [6.45, 7) is 7.00. The predicted molar refractivity (Wildman–Crippen MR) is 125 cm³/mol. The van der Waals surface area contributed by atoms with Crippen LogP contribution in [0.15, 0.2) is 59.6 Å². The van der Waals surface area contributed by atoms with Crippen molar-refractivity contribution in [1.82, 2.24) is 15.5 Å². The van der Waals surface area contributed by atoms with Gasteiger partial charge in [-0.25, -0.2) is 0 Å². The zero-order valence-electron chi connectivity index (χ0n) is 18.8. The lowest BCUT2D eigenvalue weighted by Gasteiger charge is -2.18. The number of ether oxygens (including phenoxy) is 1. The maximum absolute atomic E-state index is 12.4. The van der Waals surface area contributed by atoms with Crippen molar-refractivity contribution in [2.45, 2.75) is 39.3 Å². The Hall–Kier alpha value is -3.02. The van der Waals surface area contributed by atoms with Gasteiger partial charge in [0.25, 0.3) is 0 Å². The first-order chi connectivity index (χ1) is 15.0. The van der Waals surface area contributed by atoms with E-state index in [1.165, 1.54) is 5.56 Å². The summed E-state index contributed by atoms with van der Waals surface area (Å²) in [4.78, 5) is 18.7. The molecule has 1 saturated heterocycles. The van der Waals surface area contributed by atoms with Crippen LogP contribution in [-0.2, 0) is 17.8 Å². The van der Waals surface area contributed by atoms with Crippen LogP contribution in [0.3, 0.4) is 0 Å². The minimum Gasteiger partial charge on any atom is -0.491 e. The Morgan fingerprint density at radius 3 is 2.65 bits per heavy atom. The van der Waals surface area contributed by atoms with Gasteiger partial charge in [-0.1, -0.05) is 42.5 Å². The van der Waals surface area contributed by atoms with E-state index in [0.717, 1.165) is 43.3 Å². The molecular formula is C25H34N4O2. The molecule has 166 valence electrons. The molecule has 2 N–H and O–H groups in total. The van der Waals surface area contributed by atoms with E-state index in [1.807, 2.05) is 55.1 Å². The third-order valence-corrected chi connectivity index (χ3v) is 5.32. The zero-order valence-corrected chi connectivity index (χ0v) is 18.8. The molecule has 0 bridgehead atoms. The van der Waals surface area contributed by atoms with Gasteiger partial charge in [0.2, 0.25) is 5.91 Å². The van der Waals surface area contributed by atoms with Gasteiger partial charge in [-0.05, 0) is 43.5 Å². The van der Waals surface area contributed by atoms with E-state index in [9.17, 15) is 4.79 Å². The Morgan fingerprint density at radius 2 is 1.90 bits per heavy atom. The van der Waals surface area contributed by atoms with Crippen molar-refractivity contribution in [2.75, 3.05) is 26.7 Å².